The van der Waals surface area contributed by atoms with Gasteiger partial charge >= 0.3 is 0 Å². The van der Waals surface area contributed by atoms with E-state index in [0.717, 1.165) is 21.8 Å². The van der Waals surface area contributed by atoms with Crippen LogP contribution in [0.2, 0.25) is 0 Å². The smallest absolute Gasteiger partial charge is 0.192 e. The van der Waals surface area contributed by atoms with Gasteiger partial charge in [-0.15, -0.1) is 0 Å². The molecular weight excluding hydrogens is 244 g/mol. The Morgan fingerprint density at radius 1 is 1.17 bits per heavy atom. The maximum atomic E-state index is 8.98. The van der Waals surface area contributed by atoms with E-state index >= 15 is 0 Å². The van der Waals surface area contributed by atoms with Crippen LogP contribution in [0.25, 0.3) is 0 Å². The molecule has 0 aromatic carbocycles. The lowest BCUT2D eigenvalue weighted by atomic mass is 10.2. The van der Waals surface area contributed by atoms with Gasteiger partial charge in [-0.2, -0.15) is 5.26 Å². The Balaban J connectivity index is 2.38. The monoisotopic (exact) mass is 256 g/mol. The second kappa shape index (κ2) is 5.15. The van der Waals surface area contributed by atoms with E-state index < -0.39 is 0 Å². The standard InChI is InChI=1S/C13H12N4S/c1-8-9(2)16-13(17-10(8)3)18-12-5-4-6-15-11(12)7-14/h4-6H,1-3H3. The van der Waals surface area contributed by atoms with E-state index in [4.69, 9.17) is 5.26 Å². The summed E-state index contributed by atoms with van der Waals surface area (Å²) in [5.74, 6) is 0. The summed E-state index contributed by atoms with van der Waals surface area (Å²) in [5, 5.41) is 9.64. The summed E-state index contributed by atoms with van der Waals surface area (Å²) in [6.07, 6.45) is 1.61. The predicted octanol–water partition coefficient (Wildman–Crippen LogP) is 2.82. The van der Waals surface area contributed by atoms with Crippen LogP contribution in [0.4, 0.5) is 0 Å². The molecule has 0 saturated carbocycles. The number of aryl methyl sites for hydroxylation is 2. The Morgan fingerprint density at radius 2 is 1.83 bits per heavy atom. The molecule has 18 heavy (non-hydrogen) atoms. The first-order valence-electron chi connectivity index (χ1n) is 5.46. The third-order valence-corrected chi connectivity index (χ3v) is 3.60. The van der Waals surface area contributed by atoms with Crippen molar-refractivity contribution in [3.63, 3.8) is 0 Å². The largest absolute Gasteiger partial charge is 0.244 e. The minimum Gasteiger partial charge on any atom is -0.244 e. The molecular formula is C13H12N4S. The Bertz CT molecular complexity index is 608. The maximum Gasteiger partial charge on any atom is 0.192 e. The SMILES string of the molecule is Cc1nc(Sc2cccnc2C#N)nc(C)c1C. The molecule has 0 spiro atoms. The summed E-state index contributed by atoms with van der Waals surface area (Å²) in [5.41, 5.74) is 3.44. The first-order valence-corrected chi connectivity index (χ1v) is 6.28. The highest BCUT2D eigenvalue weighted by Crippen LogP contribution is 2.27. The lowest BCUT2D eigenvalue weighted by Gasteiger charge is -2.06. The molecule has 0 atom stereocenters. The average Bonchev–Trinajstić information content (AvgIpc) is 2.36. The molecule has 0 unspecified atom stereocenters. The van der Waals surface area contributed by atoms with Gasteiger partial charge in [0.1, 0.15) is 6.07 Å². The highest BCUT2D eigenvalue weighted by molar-refractivity contribution is 7.99. The first kappa shape index (κ1) is 12.5. The van der Waals surface area contributed by atoms with Gasteiger partial charge in [0.05, 0.1) is 4.90 Å². The van der Waals surface area contributed by atoms with E-state index in [1.807, 2.05) is 26.8 Å². The lowest BCUT2D eigenvalue weighted by molar-refractivity contribution is 0.880. The quantitative estimate of drug-likeness (QED) is 0.773. The fraction of sp³-hybridized carbons (Fsp3) is 0.231. The van der Waals surface area contributed by atoms with Crippen LogP contribution in [0.1, 0.15) is 22.6 Å². The summed E-state index contributed by atoms with van der Waals surface area (Å²) >= 11 is 1.37. The Morgan fingerprint density at radius 3 is 2.44 bits per heavy atom. The van der Waals surface area contributed by atoms with Crippen LogP contribution in [0, 0.1) is 32.1 Å². The van der Waals surface area contributed by atoms with E-state index in [2.05, 4.69) is 21.0 Å². The molecule has 2 heterocycles. The number of hydrogen-bond acceptors (Lipinski definition) is 5. The van der Waals surface area contributed by atoms with Gasteiger partial charge in [0, 0.05) is 17.6 Å². The molecule has 0 aliphatic carbocycles. The van der Waals surface area contributed by atoms with Gasteiger partial charge in [0.2, 0.25) is 0 Å². The summed E-state index contributed by atoms with van der Waals surface area (Å²) in [7, 11) is 0. The van der Waals surface area contributed by atoms with Crippen molar-refractivity contribution >= 4 is 11.8 Å². The van der Waals surface area contributed by atoms with Crippen LogP contribution in [0.3, 0.4) is 0 Å². The van der Waals surface area contributed by atoms with Gasteiger partial charge in [-0.3, -0.25) is 0 Å². The summed E-state index contributed by atoms with van der Waals surface area (Å²) in [6.45, 7) is 5.93. The molecule has 90 valence electrons. The van der Waals surface area contributed by atoms with Gasteiger partial charge in [-0.05, 0) is 50.2 Å². The molecule has 4 nitrogen and oxygen atoms in total. The fourth-order valence-electron chi connectivity index (χ4n) is 1.44. The zero-order valence-electron chi connectivity index (χ0n) is 10.4. The number of pyridine rings is 1. The van der Waals surface area contributed by atoms with Crippen molar-refractivity contribution in [2.45, 2.75) is 30.8 Å². The molecule has 0 aliphatic rings. The van der Waals surface area contributed by atoms with Crippen LogP contribution < -0.4 is 0 Å². The first-order chi connectivity index (χ1) is 8.61. The van der Waals surface area contributed by atoms with Crippen molar-refractivity contribution in [1.29, 1.82) is 5.26 Å². The van der Waals surface area contributed by atoms with Gasteiger partial charge in [-0.25, -0.2) is 15.0 Å². The minimum absolute atomic E-state index is 0.405. The van der Waals surface area contributed by atoms with Crippen molar-refractivity contribution in [2.75, 3.05) is 0 Å². The van der Waals surface area contributed by atoms with Gasteiger partial charge < -0.3 is 0 Å². The topological polar surface area (TPSA) is 62.5 Å². The number of rotatable bonds is 2. The molecule has 5 heteroatoms. The van der Waals surface area contributed by atoms with Crippen LogP contribution in [-0.2, 0) is 0 Å². The second-order valence-electron chi connectivity index (χ2n) is 3.87. The van der Waals surface area contributed by atoms with Crippen molar-refractivity contribution < 1.29 is 0 Å². The second-order valence-corrected chi connectivity index (χ2v) is 4.88. The summed E-state index contributed by atoms with van der Waals surface area (Å²) < 4.78 is 0. The zero-order chi connectivity index (χ0) is 13.1. The number of nitrogens with zero attached hydrogens (tertiary/aromatic N) is 4. The predicted molar refractivity (Wildman–Crippen MR) is 69.3 cm³/mol. The molecule has 2 aromatic heterocycles. The Hall–Kier alpha value is -1.93. The number of hydrogen-bond donors (Lipinski definition) is 0. The number of aromatic nitrogens is 3. The molecule has 0 radical (unpaired) electrons. The highest BCUT2D eigenvalue weighted by Gasteiger charge is 2.09. The van der Waals surface area contributed by atoms with Crippen LogP contribution in [0.15, 0.2) is 28.4 Å². The molecule has 2 rings (SSSR count). The van der Waals surface area contributed by atoms with Crippen molar-refractivity contribution in [1.82, 2.24) is 15.0 Å². The lowest BCUT2D eigenvalue weighted by Crippen LogP contribution is -1.98. The van der Waals surface area contributed by atoms with Gasteiger partial charge in [-0.1, -0.05) is 0 Å². The highest BCUT2D eigenvalue weighted by atomic mass is 32.2. The Labute approximate surface area is 110 Å². The number of nitriles is 1. The third-order valence-electron chi connectivity index (χ3n) is 2.69. The molecule has 2 aromatic rings. The van der Waals surface area contributed by atoms with E-state index in [9.17, 15) is 0 Å². The third kappa shape index (κ3) is 2.49. The van der Waals surface area contributed by atoms with Gasteiger partial charge in [0.15, 0.2) is 10.9 Å². The van der Waals surface area contributed by atoms with E-state index in [1.54, 1.807) is 12.3 Å². The van der Waals surface area contributed by atoms with E-state index in [-0.39, 0.29) is 0 Å². The molecule has 0 amide bonds. The normalized spacial score (nSPS) is 10.1. The molecule has 0 saturated heterocycles. The summed E-state index contributed by atoms with van der Waals surface area (Å²) in [4.78, 5) is 13.6. The molecule has 0 bridgehead atoms. The van der Waals surface area contributed by atoms with Crippen molar-refractivity contribution in [3.05, 3.63) is 41.0 Å². The van der Waals surface area contributed by atoms with Gasteiger partial charge in [0.25, 0.3) is 0 Å². The Kier molecular flexibility index (Phi) is 3.58. The molecule has 0 N–H and O–H groups in total. The zero-order valence-corrected chi connectivity index (χ0v) is 11.2. The van der Waals surface area contributed by atoms with E-state index in [1.165, 1.54) is 11.8 Å². The average molecular weight is 256 g/mol. The maximum absolute atomic E-state index is 8.98. The van der Waals surface area contributed by atoms with Crippen LogP contribution in [0.5, 0.6) is 0 Å². The van der Waals surface area contributed by atoms with Crippen LogP contribution >= 0.6 is 11.8 Å². The minimum atomic E-state index is 0.405. The van der Waals surface area contributed by atoms with Crippen molar-refractivity contribution in [2.24, 2.45) is 0 Å². The van der Waals surface area contributed by atoms with Crippen LogP contribution in [-0.4, -0.2) is 15.0 Å². The summed E-state index contributed by atoms with van der Waals surface area (Å²) in [6, 6.07) is 5.72. The van der Waals surface area contributed by atoms with Crippen molar-refractivity contribution in [3.8, 4) is 6.07 Å². The molecule has 0 aliphatic heterocycles. The molecule has 0 fully saturated rings. The van der Waals surface area contributed by atoms with E-state index in [0.29, 0.717) is 10.9 Å². The fourth-order valence-corrected chi connectivity index (χ4v) is 2.35.